The van der Waals surface area contributed by atoms with Gasteiger partial charge in [0.2, 0.25) is 0 Å². The van der Waals surface area contributed by atoms with Gasteiger partial charge in [0, 0.05) is 11.3 Å². The Bertz CT molecular complexity index is 495. The maximum Gasteiger partial charge on any atom is 0.123 e. The lowest BCUT2D eigenvalue weighted by Crippen LogP contribution is -1.92. The van der Waals surface area contributed by atoms with Gasteiger partial charge in [0.25, 0.3) is 0 Å². The largest absolute Gasteiger partial charge is 0.397 e. The van der Waals surface area contributed by atoms with Gasteiger partial charge in [-0.1, -0.05) is 12.1 Å². The molecule has 2 rings (SSSR count). The normalized spacial score (nSPS) is 10.3. The van der Waals surface area contributed by atoms with Crippen molar-refractivity contribution in [2.45, 2.75) is 6.92 Å². The molecule has 2 aromatic rings. The van der Waals surface area contributed by atoms with Crippen LogP contribution in [0.1, 0.15) is 5.69 Å². The van der Waals surface area contributed by atoms with Crippen molar-refractivity contribution in [2.75, 3.05) is 5.73 Å². The van der Waals surface area contributed by atoms with Crippen LogP contribution in [-0.4, -0.2) is 4.98 Å². The Hall–Kier alpha value is -1.90. The molecule has 0 aliphatic rings. The number of nitrogens with two attached hydrogens (primary N) is 1. The van der Waals surface area contributed by atoms with Crippen LogP contribution in [0.15, 0.2) is 36.5 Å². The van der Waals surface area contributed by atoms with E-state index in [1.165, 1.54) is 12.1 Å². The van der Waals surface area contributed by atoms with Crippen LogP contribution in [0, 0.1) is 12.7 Å². The molecule has 0 atom stereocenters. The van der Waals surface area contributed by atoms with Crippen LogP contribution in [0.4, 0.5) is 10.1 Å². The van der Waals surface area contributed by atoms with Crippen LogP contribution in [0.5, 0.6) is 0 Å². The third-order valence-electron chi connectivity index (χ3n) is 2.24. The fourth-order valence-corrected chi connectivity index (χ4v) is 1.50. The summed E-state index contributed by atoms with van der Waals surface area (Å²) < 4.78 is 13.0. The fourth-order valence-electron chi connectivity index (χ4n) is 1.50. The molecule has 0 saturated carbocycles. The maximum absolute atomic E-state index is 13.0. The second-order valence-electron chi connectivity index (χ2n) is 3.41. The third-order valence-corrected chi connectivity index (χ3v) is 2.24. The molecule has 0 fully saturated rings. The van der Waals surface area contributed by atoms with Gasteiger partial charge in [0.1, 0.15) is 5.82 Å². The summed E-state index contributed by atoms with van der Waals surface area (Å²) in [5.41, 5.74) is 8.74. The Balaban J connectivity index is 2.58. The number of aryl methyl sites for hydroxylation is 1. The molecule has 3 heteroatoms. The quantitative estimate of drug-likeness (QED) is 0.772. The summed E-state index contributed by atoms with van der Waals surface area (Å²) in [4.78, 5) is 4.14. The second kappa shape index (κ2) is 3.69. The summed E-state index contributed by atoms with van der Waals surface area (Å²) in [5.74, 6) is -0.255. The van der Waals surface area contributed by atoms with Gasteiger partial charge in [0.05, 0.1) is 11.9 Å². The first-order valence-electron chi connectivity index (χ1n) is 4.65. The molecule has 0 spiro atoms. The summed E-state index contributed by atoms with van der Waals surface area (Å²) in [6, 6.07) is 8.21. The Morgan fingerprint density at radius 1 is 1.27 bits per heavy atom. The molecule has 1 aromatic carbocycles. The first kappa shape index (κ1) is 9.65. The van der Waals surface area contributed by atoms with Gasteiger partial charge in [-0.25, -0.2) is 4.39 Å². The minimum absolute atomic E-state index is 0.255. The number of nitrogens with zero attached hydrogens (tertiary/aromatic N) is 1. The number of aromatic nitrogens is 1. The van der Waals surface area contributed by atoms with E-state index in [-0.39, 0.29) is 5.82 Å². The highest BCUT2D eigenvalue weighted by Gasteiger charge is 2.04. The topological polar surface area (TPSA) is 38.9 Å². The van der Waals surface area contributed by atoms with E-state index in [0.717, 1.165) is 16.8 Å². The highest BCUT2D eigenvalue weighted by Crippen LogP contribution is 2.24. The number of anilines is 1. The molecule has 2 nitrogen and oxygen atoms in total. The van der Waals surface area contributed by atoms with Crippen LogP contribution >= 0.6 is 0 Å². The predicted octanol–water partition coefficient (Wildman–Crippen LogP) is 2.78. The van der Waals surface area contributed by atoms with Gasteiger partial charge in [-0.15, -0.1) is 0 Å². The zero-order valence-electron chi connectivity index (χ0n) is 8.37. The SMILES string of the molecule is Cc1ncc(N)cc1-c1cccc(F)c1. The Labute approximate surface area is 87.6 Å². The van der Waals surface area contributed by atoms with Crippen molar-refractivity contribution in [2.24, 2.45) is 0 Å². The molecule has 0 saturated heterocycles. The third kappa shape index (κ3) is 1.96. The van der Waals surface area contributed by atoms with Crippen molar-refractivity contribution in [3.05, 3.63) is 48.0 Å². The van der Waals surface area contributed by atoms with Crippen molar-refractivity contribution in [1.82, 2.24) is 4.98 Å². The van der Waals surface area contributed by atoms with E-state index in [0.29, 0.717) is 5.69 Å². The number of benzene rings is 1. The minimum atomic E-state index is -0.255. The monoisotopic (exact) mass is 202 g/mol. The first-order chi connectivity index (χ1) is 7.16. The van der Waals surface area contributed by atoms with Gasteiger partial charge in [-0.2, -0.15) is 0 Å². The molecule has 1 aromatic heterocycles. The predicted molar refractivity (Wildman–Crippen MR) is 58.8 cm³/mol. The highest BCUT2D eigenvalue weighted by atomic mass is 19.1. The zero-order valence-corrected chi connectivity index (χ0v) is 8.37. The fraction of sp³-hybridized carbons (Fsp3) is 0.0833. The molecule has 0 aliphatic carbocycles. The summed E-state index contributed by atoms with van der Waals surface area (Å²) >= 11 is 0. The number of hydrogen-bond acceptors (Lipinski definition) is 2. The molecule has 15 heavy (non-hydrogen) atoms. The molecule has 0 bridgehead atoms. The number of nitrogen functional groups attached to an aromatic ring is 1. The van der Waals surface area contributed by atoms with Crippen molar-refractivity contribution in [1.29, 1.82) is 0 Å². The Morgan fingerprint density at radius 2 is 2.07 bits per heavy atom. The minimum Gasteiger partial charge on any atom is -0.397 e. The summed E-state index contributed by atoms with van der Waals surface area (Å²) in [7, 11) is 0. The highest BCUT2D eigenvalue weighted by molar-refractivity contribution is 5.68. The molecule has 0 aliphatic heterocycles. The standard InChI is InChI=1S/C12H11FN2/c1-8-12(6-11(14)7-15-8)9-3-2-4-10(13)5-9/h2-7H,14H2,1H3. The van der Waals surface area contributed by atoms with Gasteiger partial charge in [-0.05, 0) is 30.7 Å². The van der Waals surface area contributed by atoms with E-state index in [9.17, 15) is 4.39 Å². The van der Waals surface area contributed by atoms with Crippen molar-refractivity contribution >= 4 is 5.69 Å². The van der Waals surface area contributed by atoms with Crippen molar-refractivity contribution in [3.8, 4) is 11.1 Å². The maximum atomic E-state index is 13.0. The lowest BCUT2D eigenvalue weighted by Gasteiger charge is -2.06. The molecule has 0 amide bonds. The van der Waals surface area contributed by atoms with Crippen LogP contribution in [0.2, 0.25) is 0 Å². The van der Waals surface area contributed by atoms with Gasteiger partial charge in [0.15, 0.2) is 0 Å². The van der Waals surface area contributed by atoms with Crippen molar-refractivity contribution < 1.29 is 4.39 Å². The zero-order chi connectivity index (χ0) is 10.8. The summed E-state index contributed by atoms with van der Waals surface area (Å²) in [6.45, 7) is 1.87. The molecule has 2 N–H and O–H groups in total. The second-order valence-corrected chi connectivity index (χ2v) is 3.41. The molecule has 0 radical (unpaired) electrons. The van der Waals surface area contributed by atoms with Gasteiger partial charge < -0.3 is 5.73 Å². The van der Waals surface area contributed by atoms with E-state index in [2.05, 4.69) is 4.98 Å². The smallest absolute Gasteiger partial charge is 0.123 e. The van der Waals surface area contributed by atoms with Crippen LogP contribution in [0.25, 0.3) is 11.1 Å². The van der Waals surface area contributed by atoms with Gasteiger partial charge in [-0.3, -0.25) is 4.98 Å². The lowest BCUT2D eigenvalue weighted by molar-refractivity contribution is 0.628. The van der Waals surface area contributed by atoms with Crippen LogP contribution in [-0.2, 0) is 0 Å². The molecule has 76 valence electrons. The molecular weight excluding hydrogens is 191 g/mol. The average Bonchev–Trinajstić information content (AvgIpc) is 2.22. The van der Waals surface area contributed by atoms with Crippen LogP contribution in [0.3, 0.4) is 0 Å². The number of pyridine rings is 1. The number of hydrogen-bond donors (Lipinski definition) is 1. The Kier molecular flexibility index (Phi) is 2.37. The molecular formula is C12H11FN2. The van der Waals surface area contributed by atoms with E-state index in [4.69, 9.17) is 5.73 Å². The van der Waals surface area contributed by atoms with E-state index >= 15 is 0 Å². The Morgan fingerprint density at radius 3 is 2.80 bits per heavy atom. The summed E-state index contributed by atoms with van der Waals surface area (Å²) in [5, 5.41) is 0. The van der Waals surface area contributed by atoms with Gasteiger partial charge >= 0.3 is 0 Å². The van der Waals surface area contributed by atoms with E-state index < -0.39 is 0 Å². The number of rotatable bonds is 1. The van der Waals surface area contributed by atoms with Crippen molar-refractivity contribution in [3.63, 3.8) is 0 Å². The molecule has 1 heterocycles. The average molecular weight is 202 g/mol. The summed E-state index contributed by atoms with van der Waals surface area (Å²) in [6.07, 6.45) is 1.60. The van der Waals surface area contributed by atoms with E-state index in [1.54, 1.807) is 18.3 Å². The molecule has 0 unspecified atom stereocenters. The van der Waals surface area contributed by atoms with E-state index in [1.807, 2.05) is 13.0 Å². The van der Waals surface area contributed by atoms with Crippen LogP contribution < -0.4 is 5.73 Å². The lowest BCUT2D eigenvalue weighted by atomic mass is 10.0. The first-order valence-corrected chi connectivity index (χ1v) is 4.65. The number of halogens is 1.